The molecule has 0 atom stereocenters. The van der Waals surface area contributed by atoms with Gasteiger partial charge in [-0.05, 0) is 29.8 Å². The van der Waals surface area contributed by atoms with Gasteiger partial charge in [0, 0.05) is 5.02 Å². The summed E-state index contributed by atoms with van der Waals surface area (Å²) in [7, 11) is -7.99. The largest absolute Gasteiger partial charge is 0.279 e. The topological polar surface area (TPSA) is 106 Å². The van der Waals surface area contributed by atoms with E-state index in [0.29, 0.717) is 10.6 Å². The van der Waals surface area contributed by atoms with Crippen molar-refractivity contribution < 1.29 is 16.8 Å². The maximum Gasteiger partial charge on any atom is 0.255 e. The van der Waals surface area contributed by atoms with E-state index in [9.17, 15) is 16.8 Å². The van der Waals surface area contributed by atoms with Crippen molar-refractivity contribution in [2.24, 2.45) is 5.14 Å². The van der Waals surface area contributed by atoms with E-state index in [2.05, 4.69) is 4.72 Å². The molecule has 0 fully saturated rings. The van der Waals surface area contributed by atoms with E-state index in [1.807, 2.05) is 0 Å². The predicted octanol–water partition coefficient (Wildman–Crippen LogP) is 2.40. The smallest absolute Gasteiger partial charge is 0.255 e. The third kappa shape index (κ3) is 4.80. The molecule has 0 aliphatic carbocycles. The Hall–Kier alpha value is -1.87. The van der Waals surface area contributed by atoms with Gasteiger partial charge in [0.1, 0.15) is 4.90 Å². The molecular formula is C14H13ClN2O4S2. The molecule has 6 nitrogen and oxygen atoms in total. The quantitative estimate of drug-likeness (QED) is 0.840. The van der Waals surface area contributed by atoms with Crippen LogP contribution < -0.4 is 9.86 Å². The summed E-state index contributed by atoms with van der Waals surface area (Å²) in [5.74, 6) is 0. The number of halogens is 1. The average Bonchev–Trinajstić information content (AvgIpc) is 2.45. The normalized spacial score (nSPS) is 12.4. The van der Waals surface area contributed by atoms with E-state index in [1.54, 1.807) is 24.3 Å². The Bertz CT molecular complexity index is 954. The van der Waals surface area contributed by atoms with Gasteiger partial charge in [0.05, 0.1) is 11.1 Å². The Morgan fingerprint density at radius 2 is 1.57 bits per heavy atom. The van der Waals surface area contributed by atoms with Crippen LogP contribution in [0.25, 0.3) is 6.08 Å². The Morgan fingerprint density at radius 3 is 2.22 bits per heavy atom. The van der Waals surface area contributed by atoms with E-state index in [-0.39, 0.29) is 10.6 Å². The van der Waals surface area contributed by atoms with Crippen LogP contribution in [0.4, 0.5) is 5.69 Å². The summed E-state index contributed by atoms with van der Waals surface area (Å²) in [4.78, 5) is -0.310. The SMILES string of the molecule is NS(=O)(=O)c1ccccc1NS(=O)(=O)/C=C/c1ccccc1Cl. The zero-order valence-electron chi connectivity index (χ0n) is 11.7. The molecule has 0 radical (unpaired) electrons. The van der Waals surface area contributed by atoms with Crippen LogP contribution in [0, 0.1) is 0 Å². The molecule has 0 unspecified atom stereocenters. The average molecular weight is 373 g/mol. The number of hydrogen-bond donors (Lipinski definition) is 2. The highest BCUT2D eigenvalue weighted by atomic mass is 35.5. The summed E-state index contributed by atoms with van der Waals surface area (Å²) in [6.07, 6.45) is 1.31. The Balaban J connectivity index is 2.32. The highest BCUT2D eigenvalue weighted by Gasteiger charge is 2.16. The van der Waals surface area contributed by atoms with Gasteiger partial charge < -0.3 is 0 Å². The number of benzene rings is 2. The van der Waals surface area contributed by atoms with Crippen molar-refractivity contribution in [3.8, 4) is 0 Å². The summed E-state index contributed by atoms with van der Waals surface area (Å²) in [5, 5.41) is 6.35. The zero-order chi connectivity index (χ0) is 17.1. The van der Waals surface area contributed by atoms with Gasteiger partial charge in [0.25, 0.3) is 10.0 Å². The van der Waals surface area contributed by atoms with Crippen molar-refractivity contribution in [1.29, 1.82) is 0 Å². The molecule has 2 aromatic carbocycles. The minimum Gasteiger partial charge on any atom is -0.279 e. The highest BCUT2D eigenvalue weighted by Crippen LogP contribution is 2.22. The molecule has 0 amide bonds. The molecule has 0 aromatic heterocycles. The minimum absolute atomic E-state index is 0.126. The molecule has 0 aliphatic heterocycles. The summed E-state index contributed by atoms with van der Waals surface area (Å²) >= 11 is 5.94. The molecule has 0 saturated carbocycles. The first-order chi connectivity index (χ1) is 10.7. The van der Waals surface area contributed by atoms with Crippen LogP contribution in [0.15, 0.2) is 58.8 Å². The Morgan fingerprint density at radius 1 is 0.957 bits per heavy atom. The molecule has 0 spiro atoms. The molecular weight excluding hydrogens is 360 g/mol. The Kier molecular flexibility index (Phi) is 5.10. The van der Waals surface area contributed by atoms with Gasteiger partial charge in [-0.1, -0.05) is 41.9 Å². The standard InChI is InChI=1S/C14H13ClN2O4S2/c15-12-6-2-1-5-11(12)9-10-22(18,19)17-13-7-3-4-8-14(13)23(16,20)21/h1-10,17H,(H2,16,20,21)/b10-9+. The van der Waals surface area contributed by atoms with Crippen molar-refractivity contribution >= 4 is 43.4 Å². The lowest BCUT2D eigenvalue weighted by atomic mass is 10.2. The van der Waals surface area contributed by atoms with Crippen LogP contribution in [0.5, 0.6) is 0 Å². The summed E-state index contributed by atoms with van der Waals surface area (Å²) in [6, 6.07) is 12.1. The molecule has 3 N–H and O–H groups in total. The summed E-state index contributed by atoms with van der Waals surface area (Å²) in [5.41, 5.74) is 0.387. The lowest BCUT2D eigenvalue weighted by Crippen LogP contribution is -2.17. The van der Waals surface area contributed by atoms with Crippen molar-refractivity contribution in [1.82, 2.24) is 0 Å². The van der Waals surface area contributed by atoms with Crippen molar-refractivity contribution in [3.05, 3.63) is 64.5 Å². The second-order valence-corrected chi connectivity index (χ2v) is 8.02. The van der Waals surface area contributed by atoms with Gasteiger partial charge in [-0.2, -0.15) is 0 Å². The van der Waals surface area contributed by atoms with Crippen LogP contribution in [0.2, 0.25) is 5.02 Å². The molecule has 0 aliphatic rings. The van der Waals surface area contributed by atoms with Crippen LogP contribution in [0.3, 0.4) is 0 Å². The monoisotopic (exact) mass is 372 g/mol. The molecule has 2 aromatic rings. The number of nitrogens with two attached hydrogens (primary N) is 1. The van der Waals surface area contributed by atoms with Gasteiger partial charge in [-0.25, -0.2) is 22.0 Å². The molecule has 0 bridgehead atoms. The second kappa shape index (κ2) is 6.71. The van der Waals surface area contributed by atoms with E-state index in [4.69, 9.17) is 16.7 Å². The highest BCUT2D eigenvalue weighted by molar-refractivity contribution is 7.95. The molecule has 23 heavy (non-hydrogen) atoms. The van der Waals surface area contributed by atoms with Gasteiger partial charge >= 0.3 is 0 Å². The molecule has 9 heteroatoms. The van der Waals surface area contributed by atoms with Crippen LogP contribution in [0.1, 0.15) is 5.56 Å². The van der Waals surface area contributed by atoms with E-state index in [0.717, 1.165) is 5.41 Å². The molecule has 2 rings (SSSR count). The minimum atomic E-state index is -4.05. The number of hydrogen-bond acceptors (Lipinski definition) is 4. The van der Waals surface area contributed by atoms with Crippen molar-refractivity contribution in [2.75, 3.05) is 4.72 Å². The first-order valence-corrected chi connectivity index (χ1v) is 9.73. The van der Waals surface area contributed by atoms with E-state index in [1.165, 1.54) is 30.3 Å². The van der Waals surface area contributed by atoms with Gasteiger partial charge in [-0.15, -0.1) is 0 Å². The second-order valence-electron chi connectivity index (χ2n) is 4.51. The number of primary sulfonamides is 1. The predicted molar refractivity (Wildman–Crippen MR) is 90.8 cm³/mol. The third-order valence-corrected chi connectivity index (χ3v) is 5.09. The molecule has 0 saturated heterocycles. The number of rotatable bonds is 5. The van der Waals surface area contributed by atoms with Gasteiger partial charge in [-0.3, -0.25) is 4.72 Å². The van der Waals surface area contributed by atoms with Crippen LogP contribution >= 0.6 is 11.6 Å². The van der Waals surface area contributed by atoms with Gasteiger partial charge in [0.15, 0.2) is 0 Å². The first kappa shape index (κ1) is 17.5. The van der Waals surface area contributed by atoms with Crippen LogP contribution in [-0.2, 0) is 20.0 Å². The fourth-order valence-corrected chi connectivity index (χ4v) is 3.59. The Labute approximate surface area is 139 Å². The van der Waals surface area contributed by atoms with Crippen molar-refractivity contribution in [3.63, 3.8) is 0 Å². The maximum atomic E-state index is 12.1. The lowest BCUT2D eigenvalue weighted by Gasteiger charge is -2.09. The number of para-hydroxylation sites is 1. The fraction of sp³-hybridized carbons (Fsp3) is 0. The first-order valence-electron chi connectivity index (χ1n) is 6.26. The van der Waals surface area contributed by atoms with Crippen LogP contribution in [-0.4, -0.2) is 16.8 Å². The van der Waals surface area contributed by atoms with Crippen molar-refractivity contribution in [2.45, 2.75) is 4.90 Å². The number of sulfonamides is 2. The number of nitrogens with one attached hydrogen (secondary N) is 1. The van der Waals surface area contributed by atoms with E-state index < -0.39 is 20.0 Å². The molecule has 0 heterocycles. The summed E-state index contributed by atoms with van der Waals surface area (Å²) in [6.45, 7) is 0. The number of anilines is 1. The molecule has 122 valence electrons. The zero-order valence-corrected chi connectivity index (χ0v) is 14.1. The van der Waals surface area contributed by atoms with Gasteiger partial charge in [0.2, 0.25) is 10.0 Å². The lowest BCUT2D eigenvalue weighted by molar-refractivity contribution is 0.598. The third-order valence-electron chi connectivity index (χ3n) is 2.78. The maximum absolute atomic E-state index is 12.1. The summed E-state index contributed by atoms with van der Waals surface area (Å²) < 4.78 is 49.3. The fourth-order valence-electron chi connectivity index (χ4n) is 1.76. The van der Waals surface area contributed by atoms with E-state index >= 15 is 0 Å².